The van der Waals surface area contributed by atoms with Gasteiger partial charge < -0.3 is 24.6 Å². The number of ether oxygens (including phenoxy) is 2. The minimum absolute atomic E-state index is 0.295. The second-order valence-corrected chi connectivity index (χ2v) is 10.2. The highest BCUT2D eigenvalue weighted by Gasteiger charge is 2.26. The molecule has 0 radical (unpaired) electrons. The van der Waals surface area contributed by atoms with Crippen molar-refractivity contribution in [2.45, 2.75) is 26.4 Å². The molecule has 5 rings (SSSR count). The molecule has 1 fully saturated rings. The molecule has 11 heteroatoms. The van der Waals surface area contributed by atoms with Crippen LogP contribution in [0.2, 0.25) is 5.02 Å². The maximum atomic E-state index is 12.4. The van der Waals surface area contributed by atoms with Gasteiger partial charge in [-0.05, 0) is 51.1 Å². The second kappa shape index (κ2) is 10.7. The van der Waals surface area contributed by atoms with Crippen molar-refractivity contribution in [2.24, 2.45) is 0 Å². The fraction of sp³-hybridized carbons (Fsp3) is 0.296. The number of nitrogens with zero attached hydrogens (tertiary/aromatic N) is 6. The normalized spacial score (nSPS) is 13.9. The Bertz CT molecular complexity index is 1440. The summed E-state index contributed by atoms with van der Waals surface area (Å²) in [4.78, 5) is 34.2. The molecular weight excluding hydrogens is 506 g/mol. The number of carbonyl (C=O) groups excluding carboxylic acids is 1. The van der Waals surface area contributed by atoms with Gasteiger partial charge >= 0.3 is 6.09 Å². The van der Waals surface area contributed by atoms with Crippen LogP contribution in [0.1, 0.15) is 20.8 Å². The van der Waals surface area contributed by atoms with Gasteiger partial charge in [-0.2, -0.15) is 0 Å². The monoisotopic (exact) mass is 533 g/mol. The van der Waals surface area contributed by atoms with Gasteiger partial charge in [0.2, 0.25) is 5.88 Å². The molecular formula is C27H28ClN7O3. The fourth-order valence-corrected chi connectivity index (χ4v) is 4.15. The Labute approximate surface area is 225 Å². The molecule has 0 bridgehead atoms. The zero-order valence-electron chi connectivity index (χ0n) is 21.4. The summed E-state index contributed by atoms with van der Waals surface area (Å²) in [5, 5.41) is 3.60. The fourth-order valence-electron chi connectivity index (χ4n) is 3.95. The first-order valence-electron chi connectivity index (χ1n) is 12.3. The highest BCUT2D eigenvalue weighted by molar-refractivity contribution is 6.32. The molecule has 3 aromatic heterocycles. The molecule has 4 heterocycles. The molecule has 1 saturated heterocycles. The Morgan fingerprint density at radius 3 is 2.47 bits per heavy atom. The van der Waals surface area contributed by atoms with E-state index in [9.17, 15) is 4.79 Å². The average molecular weight is 534 g/mol. The van der Waals surface area contributed by atoms with E-state index < -0.39 is 5.60 Å². The minimum Gasteiger partial charge on any atom is -0.444 e. The van der Waals surface area contributed by atoms with Crippen molar-refractivity contribution in [1.82, 2.24) is 24.8 Å². The predicted octanol–water partition coefficient (Wildman–Crippen LogP) is 5.67. The van der Waals surface area contributed by atoms with Crippen molar-refractivity contribution < 1.29 is 14.3 Å². The predicted molar refractivity (Wildman–Crippen MR) is 146 cm³/mol. The number of carbonyl (C=O) groups is 1. The van der Waals surface area contributed by atoms with E-state index in [1.807, 2.05) is 63.2 Å². The van der Waals surface area contributed by atoms with Crippen LogP contribution in [-0.4, -0.2) is 62.7 Å². The Hall–Kier alpha value is -4.18. The van der Waals surface area contributed by atoms with E-state index >= 15 is 0 Å². The molecule has 1 amide bonds. The van der Waals surface area contributed by atoms with Crippen LogP contribution in [0.4, 0.5) is 22.1 Å². The third-order valence-electron chi connectivity index (χ3n) is 5.75. The first-order chi connectivity index (χ1) is 18.2. The summed E-state index contributed by atoms with van der Waals surface area (Å²) in [5.41, 5.74) is 1.42. The number of para-hydroxylation sites is 1. The smallest absolute Gasteiger partial charge is 0.410 e. The van der Waals surface area contributed by atoms with Crippen LogP contribution in [0.15, 0.2) is 61.1 Å². The van der Waals surface area contributed by atoms with E-state index in [4.69, 9.17) is 26.1 Å². The van der Waals surface area contributed by atoms with Gasteiger partial charge in [0.1, 0.15) is 34.0 Å². The number of amides is 1. The lowest BCUT2D eigenvalue weighted by Gasteiger charge is -2.36. The topological polar surface area (TPSA) is 106 Å². The highest BCUT2D eigenvalue weighted by Crippen LogP contribution is 2.31. The van der Waals surface area contributed by atoms with Gasteiger partial charge in [-0.15, -0.1) is 0 Å². The second-order valence-electron chi connectivity index (χ2n) is 9.76. The maximum Gasteiger partial charge on any atom is 0.410 e. The number of anilines is 3. The van der Waals surface area contributed by atoms with Crippen LogP contribution in [0, 0.1) is 0 Å². The number of rotatable bonds is 5. The number of aromatic nitrogens is 4. The van der Waals surface area contributed by atoms with Crippen molar-refractivity contribution >= 4 is 46.1 Å². The molecule has 0 spiro atoms. The number of nitrogens with one attached hydrogen (secondary N) is 1. The third kappa shape index (κ3) is 6.03. The molecule has 1 aliphatic rings. The summed E-state index contributed by atoms with van der Waals surface area (Å²) >= 11 is 6.44. The quantitative estimate of drug-likeness (QED) is 0.347. The minimum atomic E-state index is -0.521. The van der Waals surface area contributed by atoms with Gasteiger partial charge in [0, 0.05) is 26.2 Å². The van der Waals surface area contributed by atoms with E-state index in [1.165, 1.54) is 6.33 Å². The first kappa shape index (κ1) is 25.5. The van der Waals surface area contributed by atoms with Crippen molar-refractivity contribution in [2.75, 3.05) is 36.4 Å². The van der Waals surface area contributed by atoms with Crippen LogP contribution in [-0.2, 0) is 4.74 Å². The highest BCUT2D eigenvalue weighted by atomic mass is 35.5. The zero-order valence-corrected chi connectivity index (χ0v) is 22.1. The number of halogens is 1. The number of fused-ring (bicyclic) bond motifs is 1. The van der Waals surface area contributed by atoms with Gasteiger partial charge in [0.15, 0.2) is 5.82 Å². The Kier molecular flexibility index (Phi) is 7.15. The molecule has 38 heavy (non-hydrogen) atoms. The van der Waals surface area contributed by atoms with Crippen molar-refractivity contribution in [3.63, 3.8) is 0 Å². The van der Waals surface area contributed by atoms with Gasteiger partial charge in [-0.25, -0.2) is 24.7 Å². The lowest BCUT2D eigenvalue weighted by Crippen LogP contribution is -2.50. The lowest BCUT2D eigenvalue weighted by atomic mass is 10.2. The SMILES string of the molecule is CC(C)(C)OC(=O)N1CCN(c2ccc3ncnc(Nc4cnc(Oc5ccccc5)c(Cl)c4)c3n2)CC1. The third-order valence-corrected chi connectivity index (χ3v) is 6.02. The van der Waals surface area contributed by atoms with Gasteiger partial charge in [0.05, 0.1) is 17.4 Å². The number of hydrogen-bond donors (Lipinski definition) is 1. The molecule has 1 aromatic carbocycles. The van der Waals surface area contributed by atoms with Crippen LogP contribution >= 0.6 is 11.6 Å². The van der Waals surface area contributed by atoms with Crippen LogP contribution in [0.5, 0.6) is 11.6 Å². The standard InChI is InChI=1S/C27H28ClN7O3/c1-27(2,3)38-26(36)35-13-11-34(12-14-35)22-10-9-21-23(33-22)24(31-17-30-21)32-18-15-20(28)25(29-16-18)37-19-7-5-4-6-8-19/h4-10,15-17H,11-14H2,1-3H3,(H,30,31,32). The zero-order chi connectivity index (χ0) is 26.7. The largest absolute Gasteiger partial charge is 0.444 e. The van der Waals surface area contributed by atoms with E-state index in [2.05, 4.69) is 25.2 Å². The summed E-state index contributed by atoms with van der Waals surface area (Å²) in [5.74, 6) is 2.26. The molecule has 0 atom stereocenters. The van der Waals surface area contributed by atoms with Crippen LogP contribution in [0.3, 0.4) is 0 Å². The summed E-state index contributed by atoms with van der Waals surface area (Å²) in [6.07, 6.45) is 2.81. The van der Waals surface area contributed by atoms with E-state index in [-0.39, 0.29) is 6.09 Å². The average Bonchev–Trinajstić information content (AvgIpc) is 2.90. The molecule has 1 N–H and O–H groups in total. The van der Waals surface area contributed by atoms with Crippen LogP contribution < -0.4 is 15.0 Å². The van der Waals surface area contributed by atoms with Crippen molar-refractivity contribution in [1.29, 1.82) is 0 Å². The number of piperazine rings is 1. The summed E-state index contributed by atoms with van der Waals surface area (Å²) in [6.45, 7) is 7.96. The lowest BCUT2D eigenvalue weighted by molar-refractivity contribution is 0.0240. The summed E-state index contributed by atoms with van der Waals surface area (Å²) < 4.78 is 11.3. The molecule has 0 aliphatic carbocycles. The van der Waals surface area contributed by atoms with Gasteiger partial charge in [-0.1, -0.05) is 29.8 Å². The van der Waals surface area contributed by atoms with E-state index in [0.717, 1.165) is 5.82 Å². The molecule has 4 aromatic rings. The molecule has 1 aliphatic heterocycles. The van der Waals surface area contributed by atoms with Gasteiger partial charge in [-0.3, -0.25) is 0 Å². The van der Waals surface area contributed by atoms with E-state index in [0.29, 0.717) is 65.4 Å². The molecule has 0 unspecified atom stereocenters. The Morgan fingerprint density at radius 1 is 1.00 bits per heavy atom. The number of pyridine rings is 2. The number of hydrogen-bond acceptors (Lipinski definition) is 9. The first-order valence-corrected chi connectivity index (χ1v) is 12.6. The molecule has 10 nitrogen and oxygen atoms in total. The maximum absolute atomic E-state index is 12.4. The summed E-state index contributed by atoms with van der Waals surface area (Å²) in [7, 11) is 0. The van der Waals surface area contributed by atoms with Crippen molar-refractivity contribution in [3.05, 3.63) is 66.1 Å². The van der Waals surface area contributed by atoms with Crippen LogP contribution in [0.25, 0.3) is 11.0 Å². The summed E-state index contributed by atoms with van der Waals surface area (Å²) in [6, 6.07) is 14.9. The Balaban J connectivity index is 1.31. The van der Waals surface area contributed by atoms with Crippen molar-refractivity contribution in [3.8, 4) is 11.6 Å². The van der Waals surface area contributed by atoms with Gasteiger partial charge in [0.25, 0.3) is 0 Å². The van der Waals surface area contributed by atoms with E-state index in [1.54, 1.807) is 17.2 Å². The molecule has 0 saturated carbocycles. The molecule has 196 valence electrons. The number of benzene rings is 1. The Morgan fingerprint density at radius 2 is 1.76 bits per heavy atom.